The maximum atomic E-state index is 14.2. The van der Waals surface area contributed by atoms with E-state index in [0.29, 0.717) is 13.0 Å². The van der Waals surface area contributed by atoms with E-state index in [4.69, 9.17) is 16.3 Å². The molecule has 8 nitrogen and oxygen atoms in total. The first-order valence-electron chi connectivity index (χ1n) is 13.6. The SMILES string of the molecule is CCCNC(=O)[C@H](CC)N(Cc1ccccc1C)C(=O)CN(c1cc(Cl)ccc1OC)S(=O)(=O)c1ccc(C)cc1. The van der Waals surface area contributed by atoms with Crippen LogP contribution in [0.1, 0.15) is 43.4 Å². The minimum Gasteiger partial charge on any atom is -0.495 e. The van der Waals surface area contributed by atoms with Gasteiger partial charge in [0.05, 0.1) is 17.7 Å². The second kappa shape index (κ2) is 14.4. The Balaban J connectivity index is 2.13. The van der Waals surface area contributed by atoms with Gasteiger partial charge in [0, 0.05) is 18.1 Å². The largest absolute Gasteiger partial charge is 0.495 e. The third kappa shape index (κ3) is 7.80. The van der Waals surface area contributed by atoms with Gasteiger partial charge in [0.25, 0.3) is 10.0 Å². The standard InChI is InChI=1S/C31H38ClN3O5S/c1-6-18-33-31(37)27(7-2)34(20-24-11-9-8-10-23(24)4)30(36)21-35(28-19-25(32)14-17-29(28)40-5)41(38,39)26-15-12-22(3)13-16-26/h8-17,19,27H,6-7,18,20-21H2,1-5H3,(H,33,37)/t27-/m0/s1. The molecule has 1 atom stereocenters. The maximum Gasteiger partial charge on any atom is 0.264 e. The van der Waals surface area contributed by atoms with E-state index in [1.165, 1.54) is 30.2 Å². The molecule has 0 saturated heterocycles. The van der Waals surface area contributed by atoms with Crippen LogP contribution in [0.3, 0.4) is 0 Å². The van der Waals surface area contributed by atoms with E-state index >= 15 is 0 Å². The number of aryl methyl sites for hydroxylation is 2. The van der Waals surface area contributed by atoms with Crippen molar-refractivity contribution in [1.82, 2.24) is 10.2 Å². The Bertz CT molecular complexity index is 1460. The van der Waals surface area contributed by atoms with Crippen LogP contribution in [0.25, 0.3) is 0 Å². The van der Waals surface area contributed by atoms with Gasteiger partial charge in [-0.25, -0.2) is 8.42 Å². The van der Waals surface area contributed by atoms with Gasteiger partial charge in [0.1, 0.15) is 18.3 Å². The Kier molecular flexibility index (Phi) is 11.2. The number of methoxy groups -OCH3 is 1. The number of sulfonamides is 1. The summed E-state index contributed by atoms with van der Waals surface area (Å²) in [5.41, 5.74) is 2.82. The molecule has 0 bridgehead atoms. The first kappa shape index (κ1) is 32.0. The number of nitrogens with one attached hydrogen (secondary N) is 1. The summed E-state index contributed by atoms with van der Waals surface area (Å²) in [4.78, 5) is 28.9. The van der Waals surface area contributed by atoms with E-state index in [0.717, 1.165) is 27.4 Å². The number of nitrogens with zero attached hydrogens (tertiary/aromatic N) is 2. The molecular formula is C31H38ClN3O5S. The van der Waals surface area contributed by atoms with Gasteiger partial charge < -0.3 is 15.0 Å². The molecule has 3 aromatic rings. The second-order valence-electron chi connectivity index (χ2n) is 9.80. The van der Waals surface area contributed by atoms with Crippen LogP contribution in [0.5, 0.6) is 5.75 Å². The van der Waals surface area contributed by atoms with E-state index in [2.05, 4.69) is 5.32 Å². The molecule has 0 radical (unpaired) electrons. The third-order valence-electron chi connectivity index (χ3n) is 6.83. The van der Waals surface area contributed by atoms with Gasteiger partial charge in [-0.2, -0.15) is 0 Å². The first-order valence-corrected chi connectivity index (χ1v) is 15.4. The lowest BCUT2D eigenvalue weighted by molar-refractivity contribution is -0.140. The molecule has 2 amide bonds. The number of carbonyl (C=O) groups is 2. The van der Waals surface area contributed by atoms with Gasteiger partial charge in [0.15, 0.2) is 0 Å². The molecule has 0 spiro atoms. The van der Waals surface area contributed by atoms with Crippen molar-refractivity contribution in [2.75, 3.05) is 24.5 Å². The van der Waals surface area contributed by atoms with Crippen molar-refractivity contribution < 1.29 is 22.7 Å². The molecule has 0 aliphatic carbocycles. The van der Waals surface area contributed by atoms with Crippen molar-refractivity contribution in [2.45, 2.75) is 58.0 Å². The van der Waals surface area contributed by atoms with Gasteiger partial charge in [0.2, 0.25) is 11.8 Å². The monoisotopic (exact) mass is 599 g/mol. The molecule has 0 unspecified atom stereocenters. The van der Waals surface area contributed by atoms with E-state index < -0.39 is 28.5 Å². The number of carbonyl (C=O) groups excluding carboxylic acids is 2. The molecule has 0 fully saturated rings. The van der Waals surface area contributed by atoms with Crippen LogP contribution in [0.4, 0.5) is 5.69 Å². The van der Waals surface area contributed by atoms with Crippen LogP contribution in [-0.4, -0.2) is 51.4 Å². The number of rotatable bonds is 13. The third-order valence-corrected chi connectivity index (χ3v) is 8.84. The minimum atomic E-state index is -4.25. The van der Waals surface area contributed by atoms with Gasteiger partial charge in [-0.3, -0.25) is 13.9 Å². The Morgan fingerprint density at radius 3 is 2.29 bits per heavy atom. The molecule has 1 N–H and O–H groups in total. The van der Waals surface area contributed by atoms with Crippen LogP contribution in [0.2, 0.25) is 5.02 Å². The number of amides is 2. The fourth-order valence-electron chi connectivity index (χ4n) is 4.47. The van der Waals surface area contributed by atoms with Crippen molar-refractivity contribution in [2.24, 2.45) is 0 Å². The number of anilines is 1. The predicted octanol–water partition coefficient (Wildman–Crippen LogP) is 5.49. The van der Waals surface area contributed by atoms with E-state index in [1.54, 1.807) is 24.3 Å². The van der Waals surface area contributed by atoms with Crippen molar-refractivity contribution >= 4 is 39.1 Å². The minimum absolute atomic E-state index is 0.0103. The number of hydrogen-bond donors (Lipinski definition) is 1. The summed E-state index contributed by atoms with van der Waals surface area (Å²) in [7, 11) is -2.83. The number of ether oxygens (including phenoxy) is 1. The van der Waals surface area contributed by atoms with E-state index in [-0.39, 0.29) is 33.8 Å². The molecule has 0 aromatic heterocycles. The molecule has 0 saturated carbocycles. The summed E-state index contributed by atoms with van der Waals surface area (Å²) in [6.45, 7) is 7.59. The molecule has 3 rings (SSSR count). The highest BCUT2D eigenvalue weighted by Gasteiger charge is 2.35. The van der Waals surface area contributed by atoms with Crippen molar-refractivity contribution in [3.8, 4) is 5.75 Å². The van der Waals surface area contributed by atoms with Crippen LogP contribution in [0, 0.1) is 13.8 Å². The average molecular weight is 600 g/mol. The Hall–Kier alpha value is -3.56. The highest BCUT2D eigenvalue weighted by atomic mass is 35.5. The maximum absolute atomic E-state index is 14.2. The molecule has 10 heteroatoms. The molecular weight excluding hydrogens is 562 g/mol. The summed E-state index contributed by atoms with van der Waals surface area (Å²) in [5.74, 6) is -0.593. The number of halogens is 1. The van der Waals surface area contributed by atoms with Crippen LogP contribution in [-0.2, 0) is 26.2 Å². The van der Waals surface area contributed by atoms with Gasteiger partial charge >= 0.3 is 0 Å². The molecule has 0 aliphatic rings. The Labute approximate surface area is 248 Å². The highest BCUT2D eigenvalue weighted by Crippen LogP contribution is 2.35. The van der Waals surface area contributed by atoms with Gasteiger partial charge in [-0.05, 0) is 68.1 Å². The zero-order valence-electron chi connectivity index (χ0n) is 24.2. The number of benzene rings is 3. The summed E-state index contributed by atoms with van der Waals surface area (Å²) in [5, 5.41) is 3.17. The van der Waals surface area contributed by atoms with Crippen LogP contribution < -0.4 is 14.4 Å². The highest BCUT2D eigenvalue weighted by molar-refractivity contribution is 7.92. The van der Waals surface area contributed by atoms with Gasteiger partial charge in [-0.1, -0.05) is 67.4 Å². The smallest absolute Gasteiger partial charge is 0.264 e. The molecule has 220 valence electrons. The average Bonchev–Trinajstić information content (AvgIpc) is 2.95. The van der Waals surface area contributed by atoms with Gasteiger partial charge in [-0.15, -0.1) is 0 Å². The van der Waals surface area contributed by atoms with E-state index in [1.807, 2.05) is 52.0 Å². The predicted molar refractivity (Wildman–Crippen MR) is 163 cm³/mol. The summed E-state index contributed by atoms with van der Waals surface area (Å²) in [6, 6.07) is 17.8. The molecule has 41 heavy (non-hydrogen) atoms. The fourth-order valence-corrected chi connectivity index (χ4v) is 6.05. The fraction of sp³-hybridized carbons (Fsp3) is 0.355. The van der Waals surface area contributed by atoms with Crippen LogP contribution >= 0.6 is 11.6 Å². The summed E-state index contributed by atoms with van der Waals surface area (Å²) < 4.78 is 34.7. The Morgan fingerprint density at radius 2 is 1.68 bits per heavy atom. The van der Waals surface area contributed by atoms with Crippen molar-refractivity contribution in [3.05, 3.63) is 88.4 Å². The summed E-state index contributed by atoms with van der Waals surface area (Å²) >= 11 is 6.30. The first-order chi connectivity index (χ1) is 19.5. The zero-order valence-corrected chi connectivity index (χ0v) is 25.8. The quantitative estimate of drug-likeness (QED) is 0.280. The normalized spacial score (nSPS) is 12.0. The van der Waals surface area contributed by atoms with Crippen LogP contribution in [0.15, 0.2) is 71.6 Å². The lowest BCUT2D eigenvalue weighted by Crippen LogP contribution is -2.52. The molecule has 0 heterocycles. The summed E-state index contributed by atoms with van der Waals surface area (Å²) in [6.07, 6.45) is 1.09. The zero-order chi connectivity index (χ0) is 30.2. The topological polar surface area (TPSA) is 96.0 Å². The lowest BCUT2D eigenvalue weighted by atomic mass is 10.1. The molecule has 0 aliphatic heterocycles. The second-order valence-corrected chi connectivity index (χ2v) is 12.1. The van der Waals surface area contributed by atoms with E-state index in [9.17, 15) is 18.0 Å². The Morgan fingerprint density at radius 1 is 1.00 bits per heavy atom. The molecule has 3 aromatic carbocycles. The lowest BCUT2D eigenvalue weighted by Gasteiger charge is -2.33. The van der Waals surface area contributed by atoms with Crippen molar-refractivity contribution in [3.63, 3.8) is 0 Å². The number of hydrogen-bond acceptors (Lipinski definition) is 5. The van der Waals surface area contributed by atoms with Crippen molar-refractivity contribution in [1.29, 1.82) is 0 Å².